The molecule has 0 aliphatic rings. The number of nitrogens with zero attached hydrogens (tertiary/aromatic N) is 1. The minimum absolute atomic E-state index is 0.0652. The van der Waals surface area contributed by atoms with Gasteiger partial charge in [-0.15, -0.1) is 0 Å². The average molecular weight is 273 g/mol. The van der Waals surface area contributed by atoms with Gasteiger partial charge in [0, 0.05) is 17.3 Å². The van der Waals surface area contributed by atoms with Gasteiger partial charge in [0.25, 0.3) is 0 Å². The van der Waals surface area contributed by atoms with E-state index in [9.17, 15) is 5.11 Å². The third-order valence-electron chi connectivity index (χ3n) is 2.86. The zero-order valence-electron chi connectivity index (χ0n) is 11.9. The second-order valence-electron chi connectivity index (χ2n) is 4.77. The number of aliphatic hydroxyl groups is 1. The monoisotopic (exact) mass is 273 g/mol. The molecule has 0 saturated carbocycles. The van der Waals surface area contributed by atoms with E-state index in [1.807, 2.05) is 38.1 Å². The number of hydrogen-bond acceptors (Lipinski definition) is 4. The van der Waals surface area contributed by atoms with E-state index in [-0.39, 0.29) is 6.10 Å². The van der Waals surface area contributed by atoms with Crippen molar-refractivity contribution in [2.75, 3.05) is 7.11 Å². The van der Waals surface area contributed by atoms with Gasteiger partial charge in [0.05, 0.1) is 19.4 Å². The van der Waals surface area contributed by atoms with Crippen LogP contribution in [0.5, 0.6) is 11.5 Å². The van der Waals surface area contributed by atoms with Crippen molar-refractivity contribution in [2.45, 2.75) is 26.1 Å². The third-order valence-corrected chi connectivity index (χ3v) is 2.86. The fraction of sp³-hybridized carbons (Fsp3) is 0.312. The van der Waals surface area contributed by atoms with Crippen molar-refractivity contribution in [1.29, 1.82) is 0 Å². The first kappa shape index (κ1) is 14.3. The molecule has 0 amide bonds. The van der Waals surface area contributed by atoms with Crippen molar-refractivity contribution in [3.05, 3.63) is 53.9 Å². The second kappa shape index (κ2) is 6.39. The van der Waals surface area contributed by atoms with Crippen molar-refractivity contribution in [1.82, 2.24) is 4.98 Å². The Labute approximate surface area is 119 Å². The van der Waals surface area contributed by atoms with Crippen LogP contribution in [0.2, 0.25) is 0 Å². The van der Waals surface area contributed by atoms with Crippen LogP contribution in [0.15, 0.2) is 42.7 Å². The molecule has 2 rings (SSSR count). The molecule has 0 spiro atoms. The normalized spacial score (nSPS) is 12.2. The van der Waals surface area contributed by atoms with Gasteiger partial charge in [-0.05, 0) is 26.0 Å². The number of pyridine rings is 1. The Morgan fingerprint density at radius 3 is 2.60 bits per heavy atom. The molecular weight excluding hydrogens is 254 g/mol. The zero-order chi connectivity index (χ0) is 14.5. The summed E-state index contributed by atoms with van der Waals surface area (Å²) < 4.78 is 10.9. The predicted molar refractivity (Wildman–Crippen MR) is 77.1 cm³/mol. The van der Waals surface area contributed by atoms with Crippen LogP contribution in [0.1, 0.15) is 31.1 Å². The Morgan fingerprint density at radius 1 is 1.15 bits per heavy atom. The van der Waals surface area contributed by atoms with Crippen LogP contribution in [-0.4, -0.2) is 23.3 Å². The van der Waals surface area contributed by atoms with Crippen LogP contribution in [-0.2, 0) is 0 Å². The molecule has 2 aromatic rings. The van der Waals surface area contributed by atoms with Crippen molar-refractivity contribution in [3.63, 3.8) is 0 Å². The van der Waals surface area contributed by atoms with Crippen LogP contribution in [0, 0.1) is 0 Å². The Bertz CT molecular complexity index is 569. The highest BCUT2D eigenvalue weighted by Crippen LogP contribution is 2.30. The van der Waals surface area contributed by atoms with Gasteiger partial charge < -0.3 is 14.6 Å². The number of para-hydroxylation sites is 1. The first-order valence-corrected chi connectivity index (χ1v) is 6.54. The molecule has 1 heterocycles. The number of hydrogen-bond donors (Lipinski definition) is 1. The fourth-order valence-corrected chi connectivity index (χ4v) is 1.99. The molecule has 4 nitrogen and oxygen atoms in total. The van der Waals surface area contributed by atoms with Crippen LogP contribution in [0.25, 0.3) is 0 Å². The number of aliphatic hydroxyl groups excluding tert-OH is 1. The molecule has 20 heavy (non-hydrogen) atoms. The van der Waals surface area contributed by atoms with Crippen molar-refractivity contribution in [2.24, 2.45) is 0 Å². The molecule has 1 atom stereocenters. The smallest absolute Gasteiger partial charge is 0.138 e. The largest absolute Gasteiger partial charge is 0.496 e. The number of methoxy groups -OCH3 is 1. The second-order valence-corrected chi connectivity index (χ2v) is 4.77. The summed E-state index contributed by atoms with van der Waals surface area (Å²) in [6, 6.07) is 9.18. The van der Waals surface area contributed by atoms with Crippen molar-refractivity contribution < 1.29 is 14.6 Å². The first-order chi connectivity index (χ1) is 9.61. The molecule has 0 fully saturated rings. The summed E-state index contributed by atoms with van der Waals surface area (Å²) in [4.78, 5) is 4.11. The molecule has 1 aromatic heterocycles. The lowest BCUT2D eigenvalue weighted by Crippen LogP contribution is -2.07. The SMILES string of the molecule is COc1ccccc1C(O)c1cncc(OC(C)C)c1. The van der Waals surface area contributed by atoms with Gasteiger partial charge in [-0.1, -0.05) is 18.2 Å². The minimum Gasteiger partial charge on any atom is -0.496 e. The highest BCUT2D eigenvalue weighted by atomic mass is 16.5. The van der Waals surface area contributed by atoms with Gasteiger partial charge in [0.15, 0.2) is 0 Å². The van der Waals surface area contributed by atoms with E-state index in [2.05, 4.69) is 4.98 Å². The van der Waals surface area contributed by atoms with Gasteiger partial charge in [-0.25, -0.2) is 0 Å². The summed E-state index contributed by atoms with van der Waals surface area (Å²) in [5, 5.41) is 10.5. The Morgan fingerprint density at radius 2 is 1.90 bits per heavy atom. The lowest BCUT2D eigenvalue weighted by atomic mass is 10.0. The molecule has 1 unspecified atom stereocenters. The van der Waals surface area contributed by atoms with Gasteiger partial charge >= 0.3 is 0 Å². The predicted octanol–water partition coefficient (Wildman–Crippen LogP) is 2.96. The fourth-order valence-electron chi connectivity index (χ4n) is 1.99. The molecule has 4 heteroatoms. The van der Waals surface area contributed by atoms with Crippen LogP contribution >= 0.6 is 0 Å². The third kappa shape index (κ3) is 3.27. The van der Waals surface area contributed by atoms with Gasteiger partial charge in [-0.2, -0.15) is 0 Å². The molecule has 0 saturated heterocycles. The first-order valence-electron chi connectivity index (χ1n) is 6.54. The molecule has 0 aliphatic heterocycles. The summed E-state index contributed by atoms with van der Waals surface area (Å²) in [6.45, 7) is 3.90. The van der Waals surface area contributed by atoms with Crippen LogP contribution < -0.4 is 9.47 Å². The van der Waals surface area contributed by atoms with E-state index in [0.717, 1.165) is 0 Å². The molecule has 1 N–H and O–H groups in total. The maximum Gasteiger partial charge on any atom is 0.138 e. The van der Waals surface area contributed by atoms with Gasteiger partial charge in [0.1, 0.15) is 17.6 Å². The van der Waals surface area contributed by atoms with Crippen LogP contribution in [0.3, 0.4) is 0 Å². The van der Waals surface area contributed by atoms with E-state index in [1.165, 1.54) is 0 Å². The highest BCUT2D eigenvalue weighted by molar-refractivity contribution is 5.40. The summed E-state index contributed by atoms with van der Waals surface area (Å²) in [7, 11) is 1.59. The van der Waals surface area contributed by atoms with Crippen molar-refractivity contribution >= 4 is 0 Å². The summed E-state index contributed by atoms with van der Waals surface area (Å²) >= 11 is 0. The Hall–Kier alpha value is -2.07. The molecule has 0 aliphatic carbocycles. The maximum absolute atomic E-state index is 10.5. The standard InChI is InChI=1S/C16H19NO3/c1-11(2)20-13-8-12(9-17-10-13)16(18)14-6-4-5-7-15(14)19-3/h4-11,16,18H,1-3H3. The van der Waals surface area contributed by atoms with Gasteiger partial charge in [0.2, 0.25) is 0 Å². The average Bonchev–Trinajstić information content (AvgIpc) is 2.46. The lowest BCUT2D eigenvalue weighted by molar-refractivity contribution is 0.211. The number of benzene rings is 1. The molecular formula is C16H19NO3. The topological polar surface area (TPSA) is 51.6 Å². The molecule has 0 radical (unpaired) electrons. The summed E-state index contributed by atoms with van der Waals surface area (Å²) in [6.07, 6.45) is 2.53. The molecule has 106 valence electrons. The van der Waals surface area contributed by atoms with Gasteiger partial charge in [-0.3, -0.25) is 4.98 Å². The van der Waals surface area contributed by atoms with E-state index in [0.29, 0.717) is 22.6 Å². The highest BCUT2D eigenvalue weighted by Gasteiger charge is 2.16. The van der Waals surface area contributed by atoms with E-state index in [1.54, 1.807) is 25.6 Å². The summed E-state index contributed by atoms with van der Waals surface area (Å²) in [5.74, 6) is 1.29. The van der Waals surface area contributed by atoms with E-state index < -0.39 is 6.10 Å². The number of rotatable bonds is 5. The number of ether oxygens (including phenoxy) is 2. The lowest BCUT2D eigenvalue weighted by Gasteiger charge is -2.16. The summed E-state index contributed by atoms with van der Waals surface area (Å²) in [5.41, 5.74) is 1.38. The zero-order valence-corrected chi connectivity index (χ0v) is 11.9. The number of aromatic nitrogens is 1. The van der Waals surface area contributed by atoms with E-state index in [4.69, 9.17) is 9.47 Å². The van der Waals surface area contributed by atoms with E-state index >= 15 is 0 Å². The molecule has 1 aromatic carbocycles. The maximum atomic E-state index is 10.5. The van der Waals surface area contributed by atoms with Crippen LogP contribution in [0.4, 0.5) is 0 Å². The quantitative estimate of drug-likeness (QED) is 0.910. The minimum atomic E-state index is -0.797. The Balaban J connectivity index is 2.30. The molecule has 0 bridgehead atoms. The Kier molecular flexibility index (Phi) is 4.58. The van der Waals surface area contributed by atoms with Crippen molar-refractivity contribution in [3.8, 4) is 11.5 Å².